The highest BCUT2D eigenvalue weighted by molar-refractivity contribution is 5.39. The summed E-state index contributed by atoms with van der Waals surface area (Å²) in [5, 5.41) is 10.3. The summed E-state index contributed by atoms with van der Waals surface area (Å²) < 4.78 is 5.95. The molecule has 0 amide bonds. The molecule has 0 aliphatic carbocycles. The summed E-state index contributed by atoms with van der Waals surface area (Å²) in [6, 6.07) is 7.00. The highest BCUT2D eigenvalue weighted by atomic mass is 16.5. The quantitative estimate of drug-likeness (QED) is 0.846. The Labute approximate surface area is 135 Å². The highest BCUT2D eigenvalue weighted by Gasteiger charge is 2.24. The average molecular weight is 306 g/mol. The molecule has 0 spiro atoms. The van der Waals surface area contributed by atoms with E-state index in [1.807, 2.05) is 0 Å². The van der Waals surface area contributed by atoms with Crippen molar-refractivity contribution < 1.29 is 14.7 Å². The minimum Gasteiger partial charge on any atom is -0.490 e. The van der Waals surface area contributed by atoms with Crippen molar-refractivity contribution >= 4 is 0 Å². The van der Waals surface area contributed by atoms with E-state index in [1.165, 1.54) is 41.8 Å². The van der Waals surface area contributed by atoms with Crippen molar-refractivity contribution in [1.82, 2.24) is 0 Å². The van der Waals surface area contributed by atoms with Crippen LogP contribution in [-0.4, -0.2) is 36.9 Å². The summed E-state index contributed by atoms with van der Waals surface area (Å²) in [6.45, 7) is 11.1. The lowest BCUT2D eigenvalue weighted by atomic mass is 10.0. The Balaban J connectivity index is 1.90. The largest absolute Gasteiger partial charge is 0.490 e. The number of hydrogen-bond donors (Lipinski definition) is 2. The van der Waals surface area contributed by atoms with Gasteiger partial charge in [0.2, 0.25) is 0 Å². The maximum absolute atomic E-state index is 10.3. The van der Waals surface area contributed by atoms with Crippen LogP contribution < -0.4 is 9.64 Å². The molecule has 0 radical (unpaired) electrons. The van der Waals surface area contributed by atoms with E-state index >= 15 is 0 Å². The predicted molar refractivity (Wildman–Crippen MR) is 90.8 cm³/mol. The van der Waals surface area contributed by atoms with E-state index in [9.17, 15) is 5.11 Å². The van der Waals surface area contributed by atoms with Crippen molar-refractivity contribution in [3.05, 3.63) is 29.3 Å². The van der Waals surface area contributed by atoms with Gasteiger partial charge in [-0.25, -0.2) is 0 Å². The lowest BCUT2D eigenvalue weighted by molar-refractivity contribution is -0.931. The van der Waals surface area contributed by atoms with Crippen LogP contribution in [0.2, 0.25) is 0 Å². The van der Waals surface area contributed by atoms with Gasteiger partial charge in [-0.3, -0.25) is 0 Å². The fourth-order valence-electron chi connectivity index (χ4n) is 3.35. The van der Waals surface area contributed by atoms with Crippen LogP contribution in [-0.2, 0) is 0 Å². The van der Waals surface area contributed by atoms with Crippen molar-refractivity contribution in [2.24, 2.45) is 0 Å². The molecule has 0 bridgehead atoms. The summed E-state index contributed by atoms with van der Waals surface area (Å²) in [6.07, 6.45) is 3.50. The van der Waals surface area contributed by atoms with Crippen LogP contribution >= 0.6 is 0 Å². The number of aliphatic hydroxyl groups excluding tert-OH is 1. The summed E-state index contributed by atoms with van der Waals surface area (Å²) in [5.74, 6) is 1.36. The number of ether oxygens (including phenoxy) is 1. The first kappa shape index (κ1) is 17.3. The number of rotatable bonds is 6. The van der Waals surface area contributed by atoms with Crippen LogP contribution in [0.5, 0.6) is 5.75 Å². The van der Waals surface area contributed by atoms with Gasteiger partial charge in [-0.2, -0.15) is 0 Å². The summed E-state index contributed by atoms with van der Waals surface area (Å²) >= 11 is 0. The standard InChI is InChI=1S/C19H31NO2/c1-14(2)18-9-8-15(3)11-19(18)22-13-17(21)12-20-10-6-5-7-16(20)4/h8-9,11,14,16-17,21H,5-7,10,12-13H2,1-4H3/p+1/t16-,17-/m0/s1. The molecule has 22 heavy (non-hydrogen) atoms. The molecule has 3 nitrogen and oxygen atoms in total. The first-order valence-corrected chi connectivity index (χ1v) is 8.73. The number of likely N-dealkylation sites (tertiary alicyclic amines) is 1. The molecule has 0 saturated carbocycles. The van der Waals surface area contributed by atoms with Crippen LogP contribution in [0.4, 0.5) is 0 Å². The van der Waals surface area contributed by atoms with E-state index in [2.05, 4.69) is 45.9 Å². The minimum atomic E-state index is -0.393. The molecule has 1 aromatic carbocycles. The van der Waals surface area contributed by atoms with Crippen LogP contribution in [0.3, 0.4) is 0 Å². The normalized spacial score (nSPS) is 23.5. The van der Waals surface area contributed by atoms with Crippen molar-refractivity contribution in [2.75, 3.05) is 19.7 Å². The third kappa shape index (κ3) is 4.72. The van der Waals surface area contributed by atoms with Gasteiger partial charge in [0, 0.05) is 0 Å². The van der Waals surface area contributed by atoms with Gasteiger partial charge in [0.05, 0.1) is 12.6 Å². The lowest BCUT2D eigenvalue weighted by Crippen LogP contribution is -3.17. The lowest BCUT2D eigenvalue weighted by Gasteiger charge is -2.31. The fourth-order valence-corrected chi connectivity index (χ4v) is 3.35. The highest BCUT2D eigenvalue weighted by Crippen LogP contribution is 2.27. The first-order chi connectivity index (χ1) is 10.5. The average Bonchev–Trinajstić information content (AvgIpc) is 2.47. The van der Waals surface area contributed by atoms with Crippen molar-refractivity contribution in [3.63, 3.8) is 0 Å². The second-order valence-corrected chi connectivity index (χ2v) is 7.17. The fraction of sp³-hybridized carbons (Fsp3) is 0.684. The molecule has 1 aromatic rings. The molecule has 1 aliphatic rings. The Morgan fingerprint density at radius 2 is 2.09 bits per heavy atom. The van der Waals surface area contributed by atoms with Crippen LogP contribution in [0.15, 0.2) is 18.2 Å². The van der Waals surface area contributed by atoms with Gasteiger partial charge < -0.3 is 14.7 Å². The number of benzene rings is 1. The van der Waals surface area contributed by atoms with Crippen molar-refractivity contribution in [1.29, 1.82) is 0 Å². The zero-order chi connectivity index (χ0) is 16.1. The molecule has 1 aliphatic heterocycles. The second kappa shape index (κ2) is 7.98. The van der Waals surface area contributed by atoms with E-state index < -0.39 is 6.10 Å². The van der Waals surface area contributed by atoms with Gasteiger partial charge in [0.1, 0.15) is 25.0 Å². The Kier molecular flexibility index (Phi) is 6.27. The Bertz CT molecular complexity index is 473. The van der Waals surface area contributed by atoms with Crippen molar-refractivity contribution in [3.8, 4) is 5.75 Å². The Morgan fingerprint density at radius 1 is 1.32 bits per heavy atom. The Morgan fingerprint density at radius 3 is 2.77 bits per heavy atom. The monoisotopic (exact) mass is 306 g/mol. The number of hydrogen-bond acceptors (Lipinski definition) is 2. The zero-order valence-corrected chi connectivity index (χ0v) is 14.6. The summed E-state index contributed by atoms with van der Waals surface area (Å²) in [7, 11) is 0. The van der Waals surface area contributed by atoms with Gasteiger partial charge in [-0.05, 0) is 56.2 Å². The topological polar surface area (TPSA) is 33.9 Å². The molecule has 3 heteroatoms. The number of quaternary nitrogens is 1. The maximum Gasteiger partial charge on any atom is 0.137 e. The number of piperidine rings is 1. The summed E-state index contributed by atoms with van der Waals surface area (Å²) in [5.41, 5.74) is 2.42. The summed E-state index contributed by atoms with van der Waals surface area (Å²) in [4.78, 5) is 1.52. The molecule has 1 heterocycles. The molecule has 124 valence electrons. The number of aryl methyl sites for hydroxylation is 1. The molecular weight excluding hydrogens is 274 g/mol. The van der Waals surface area contributed by atoms with Crippen LogP contribution in [0.1, 0.15) is 57.1 Å². The third-order valence-corrected chi connectivity index (χ3v) is 4.80. The van der Waals surface area contributed by atoms with Gasteiger partial charge in [0.15, 0.2) is 0 Å². The molecule has 2 rings (SSSR count). The SMILES string of the molecule is Cc1ccc(C(C)C)c(OC[C@@H](O)C[NH+]2CCCC[C@@H]2C)c1. The van der Waals surface area contributed by atoms with Crippen LogP contribution in [0.25, 0.3) is 0 Å². The van der Waals surface area contributed by atoms with E-state index in [0.29, 0.717) is 18.6 Å². The van der Waals surface area contributed by atoms with Gasteiger partial charge >= 0.3 is 0 Å². The molecular formula is C19H32NO2+. The van der Waals surface area contributed by atoms with E-state index in [0.717, 1.165) is 12.3 Å². The van der Waals surface area contributed by atoms with Gasteiger partial charge in [-0.1, -0.05) is 26.0 Å². The smallest absolute Gasteiger partial charge is 0.137 e. The maximum atomic E-state index is 10.3. The number of nitrogens with one attached hydrogen (secondary N) is 1. The molecule has 1 saturated heterocycles. The van der Waals surface area contributed by atoms with E-state index in [-0.39, 0.29) is 0 Å². The third-order valence-electron chi connectivity index (χ3n) is 4.80. The first-order valence-electron chi connectivity index (χ1n) is 8.73. The van der Waals surface area contributed by atoms with Crippen molar-refractivity contribution in [2.45, 2.75) is 65.0 Å². The van der Waals surface area contributed by atoms with Gasteiger partial charge in [-0.15, -0.1) is 0 Å². The minimum absolute atomic E-state index is 0.388. The molecule has 1 unspecified atom stereocenters. The predicted octanol–water partition coefficient (Wildman–Crippen LogP) is 2.32. The molecule has 1 fully saturated rings. The molecule has 3 atom stereocenters. The van der Waals surface area contributed by atoms with Crippen LogP contribution in [0, 0.1) is 6.92 Å². The zero-order valence-electron chi connectivity index (χ0n) is 14.6. The second-order valence-electron chi connectivity index (χ2n) is 7.17. The van der Waals surface area contributed by atoms with E-state index in [4.69, 9.17) is 4.74 Å². The number of aliphatic hydroxyl groups is 1. The van der Waals surface area contributed by atoms with Gasteiger partial charge in [0.25, 0.3) is 0 Å². The molecule has 0 aromatic heterocycles. The van der Waals surface area contributed by atoms with E-state index in [1.54, 1.807) is 0 Å². The molecule has 2 N–H and O–H groups in total. The Hall–Kier alpha value is -1.06.